The molecule has 0 bridgehead atoms. The number of carbonyl (C=O) groups is 2. The fraction of sp³-hybridized carbons (Fsp3) is 0.387. The highest BCUT2D eigenvalue weighted by atomic mass is 16.6. The molecule has 1 amide bonds. The Morgan fingerprint density at radius 3 is 2.56 bits per heavy atom. The van der Waals surface area contributed by atoms with Crippen LogP contribution in [0.15, 0.2) is 60.8 Å². The van der Waals surface area contributed by atoms with E-state index in [9.17, 15) is 14.7 Å². The number of benzene rings is 2. The summed E-state index contributed by atoms with van der Waals surface area (Å²) in [5.41, 5.74) is 4.66. The van der Waals surface area contributed by atoms with Crippen molar-refractivity contribution in [1.82, 2.24) is 15.2 Å². The van der Waals surface area contributed by atoms with Crippen LogP contribution in [0.2, 0.25) is 0 Å². The molecule has 3 atom stereocenters. The van der Waals surface area contributed by atoms with E-state index < -0.39 is 29.8 Å². The van der Waals surface area contributed by atoms with Crippen LogP contribution in [-0.4, -0.2) is 65.6 Å². The molecule has 3 aromatic rings. The number of hydrogen-bond acceptors (Lipinski definition) is 7. The van der Waals surface area contributed by atoms with Gasteiger partial charge in [-0.2, -0.15) is 0 Å². The molecule has 8 nitrogen and oxygen atoms in total. The summed E-state index contributed by atoms with van der Waals surface area (Å²) in [6.45, 7) is 3.21. The number of fused-ring (bicyclic) bond motifs is 2. The maximum absolute atomic E-state index is 13.3. The topological polar surface area (TPSA) is 101 Å². The van der Waals surface area contributed by atoms with Crippen molar-refractivity contribution in [3.63, 3.8) is 0 Å². The molecule has 1 saturated heterocycles. The zero-order valence-corrected chi connectivity index (χ0v) is 21.8. The van der Waals surface area contributed by atoms with Gasteiger partial charge < -0.3 is 24.8 Å². The molecule has 1 aromatic heterocycles. The maximum Gasteiger partial charge on any atom is 0.288 e. The van der Waals surface area contributed by atoms with Gasteiger partial charge in [-0.3, -0.25) is 14.6 Å². The molecular formula is C31H33N3O5. The number of nitrogens with zero attached hydrogens (tertiary/aromatic N) is 2. The van der Waals surface area contributed by atoms with E-state index in [-0.39, 0.29) is 0 Å². The Balaban J connectivity index is 1.16. The van der Waals surface area contributed by atoms with Gasteiger partial charge in [0.25, 0.3) is 5.91 Å². The average molecular weight is 528 g/mol. The molecular weight excluding hydrogens is 494 g/mol. The van der Waals surface area contributed by atoms with Gasteiger partial charge in [0.05, 0.1) is 11.7 Å². The Hall–Kier alpha value is -3.75. The van der Waals surface area contributed by atoms with Crippen molar-refractivity contribution in [3.05, 3.63) is 77.5 Å². The van der Waals surface area contributed by atoms with Crippen LogP contribution >= 0.6 is 0 Å². The van der Waals surface area contributed by atoms with Crippen molar-refractivity contribution < 1.29 is 24.2 Å². The first-order chi connectivity index (χ1) is 19.0. The Labute approximate surface area is 228 Å². The van der Waals surface area contributed by atoms with Gasteiger partial charge in [0.1, 0.15) is 19.3 Å². The number of likely N-dealkylation sites (tertiary alicyclic amines) is 1. The number of aliphatic hydroxyl groups excluding tert-OH is 1. The lowest BCUT2D eigenvalue weighted by Crippen LogP contribution is -2.49. The third kappa shape index (κ3) is 5.53. The van der Waals surface area contributed by atoms with Gasteiger partial charge >= 0.3 is 0 Å². The number of ether oxygens (including phenoxy) is 2. The first-order valence-electron chi connectivity index (χ1n) is 13.7. The largest absolute Gasteiger partial charge is 0.486 e. The standard InChI is InChI=1S/C31H33N3O5/c35-29(22-8-9-27-28(18-22)39-14-13-38-27)26(19-34-11-3-4-12-34)33-31(37)30(36)24-15-20-6-7-21(16-23(20)17-24)25-5-1-2-10-32-25/h1-2,5-10,16,18,24,26,29,35H,3-4,11-15,17,19H2,(H,33,37)/t24?,26-,29-/m1/s1. The first kappa shape index (κ1) is 25.5. The first-order valence-corrected chi connectivity index (χ1v) is 13.7. The van der Waals surface area contributed by atoms with Crippen molar-refractivity contribution in [2.24, 2.45) is 5.92 Å². The minimum atomic E-state index is -1.00. The highest BCUT2D eigenvalue weighted by Crippen LogP contribution is 2.34. The molecule has 0 saturated carbocycles. The summed E-state index contributed by atoms with van der Waals surface area (Å²) in [7, 11) is 0. The zero-order valence-electron chi connectivity index (χ0n) is 21.8. The summed E-state index contributed by atoms with van der Waals surface area (Å²) in [6.07, 6.45) is 3.98. The molecule has 8 heteroatoms. The lowest BCUT2D eigenvalue weighted by atomic mass is 9.97. The molecule has 1 aliphatic carbocycles. The molecule has 39 heavy (non-hydrogen) atoms. The zero-order chi connectivity index (χ0) is 26.8. The SMILES string of the molecule is O=C(N[C@H](CN1CCCC1)[C@H](O)c1ccc2c(c1)OCCO2)C(=O)C1Cc2ccc(-c3ccccn3)cc2C1. The van der Waals surface area contributed by atoms with Gasteiger partial charge in [-0.05, 0) is 85.8 Å². The molecule has 0 radical (unpaired) electrons. The van der Waals surface area contributed by atoms with Crippen LogP contribution in [0.1, 0.15) is 35.6 Å². The van der Waals surface area contributed by atoms with Crippen LogP contribution in [0.25, 0.3) is 11.3 Å². The molecule has 202 valence electrons. The summed E-state index contributed by atoms with van der Waals surface area (Å²) in [5, 5.41) is 14.3. The Bertz CT molecular complexity index is 1360. The molecule has 2 N–H and O–H groups in total. The number of pyridine rings is 1. The van der Waals surface area contributed by atoms with Crippen LogP contribution in [0, 0.1) is 5.92 Å². The van der Waals surface area contributed by atoms with E-state index >= 15 is 0 Å². The normalized spacial score (nSPS) is 19.8. The number of Topliss-reactive ketones (excluding diaryl/α,β-unsaturated/α-hetero) is 1. The summed E-state index contributed by atoms with van der Waals surface area (Å²) in [5.74, 6) is -0.281. The third-order valence-electron chi connectivity index (χ3n) is 7.95. The number of aromatic nitrogens is 1. The number of carbonyl (C=O) groups excluding carboxylic acids is 2. The van der Waals surface area contributed by atoms with Gasteiger partial charge in [0.15, 0.2) is 11.5 Å². The molecule has 2 aromatic carbocycles. The molecule has 1 fully saturated rings. The molecule has 6 rings (SSSR count). The highest BCUT2D eigenvalue weighted by Gasteiger charge is 2.35. The number of rotatable bonds is 8. The van der Waals surface area contributed by atoms with Crippen molar-refractivity contribution in [3.8, 4) is 22.8 Å². The summed E-state index contributed by atoms with van der Waals surface area (Å²) < 4.78 is 11.3. The minimum absolute atomic E-state index is 0.419. The van der Waals surface area contributed by atoms with Crippen LogP contribution < -0.4 is 14.8 Å². The maximum atomic E-state index is 13.3. The van der Waals surface area contributed by atoms with E-state index in [1.807, 2.05) is 30.3 Å². The van der Waals surface area contributed by atoms with E-state index in [0.29, 0.717) is 49.7 Å². The van der Waals surface area contributed by atoms with Crippen molar-refractivity contribution in [2.45, 2.75) is 37.8 Å². The third-order valence-corrected chi connectivity index (χ3v) is 7.95. The number of ketones is 1. The smallest absolute Gasteiger partial charge is 0.288 e. The van der Waals surface area contributed by atoms with E-state index in [0.717, 1.165) is 48.3 Å². The Kier molecular flexibility index (Phi) is 7.30. The molecule has 3 heterocycles. The Morgan fingerprint density at radius 2 is 1.77 bits per heavy atom. The van der Waals surface area contributed by atoms with Crippen molar-refractivity contribution >= 4 is 11.7 Å². The van der Waals surface area contributed by atoms with Crippen molar-refractivity contribution in [2.75, 3.05) is 32.8 Å². The van der Waals surface area contributed by atoms with E-state index in [1.54, 1.807) is 24.4 Å². The quantitative estimate of drug-likeness (QED) is 0.434. The predicted octanol–water partition coefficient (Wildman–Crippen LogP) is 3.12. The second kappa shape index (κ2) is 11.2. The lowest BCUT2D eigenvalue weighted by Gasteiger charge is -2.29. The lowest BCUT2D eigenvalue weighted by molar-refractivity contribution is -0.141. The number of nitrogens with one attached hydrogen (secondary N) is 1. The monoisotopic (exact) mass is 527 g/mol. The van der Waals surface area contributed by atoms with Gasteiger partial charge in [0.2, 0.25) is 5.78 Å². The van der Waals surface area contributed by atoms with Gasteiger partial charge in [-0.25, -0.2) is 0 Å². The molecule has 0 spiro atoms. The summed E-state index contributed by atoms with van der Waals surface area (Å²) in [4.78, 5) is 33.3. The predicted molar refractivity (Wildman–Crippen MR) is 146 cm³/mol. The average Bonchev–Trinajstić information content (AvgIpc) is 3.66. The highest BCUT2D eigenvalue weighted by molar-refractivity contribution is 6.37. The van der Waals surface area contributed by atoms with Crippen LogP contribution in [0.4, 0.5) is 0 Å². The minimum Gasteiger partial charge on any atom is -0.486 e. The van der Waals surface area contributed by atoms with E-state index in [4.69, 9.17) is 9.47 Å². The van der Waals surface area contributed by atoms with E-state index in [1.165, 1.54) is 0 Å². The van der Waals surface area contributed by atoms with Crippen LogP contribution in [0.5, 0.6) is 11.5 Å². The number of hydrogen-bond donors (Lipinski definition) is 2. The molecule has 1 unspecified atom stereocenters. The van der Waals surface area contributed by atoms with Crippen LogP contribution in [0.3, 0.4) is 0 Å². The molecule has 3 aliphatic rings. The number of aliphatic hydroxyl groups is 1. The van der Waals surface area contributed by atoms with Gasteiger partial charge in [-0.15, -0.1) is 0 Å². The van der Waals surface area contributed by atoms with Gasteiger partial charge in [-0.1, -0.05) is 24.3 Å². The fourth-order valence-corrected chi connectivity index (χ4v) is 5.87. The Morgan fingerprint density at radius 1 is 0.974 bits per heavy atom. The summed E-state index contributed by atoms with van der Waals surface area (Å²) in [6, 6.07) is 16.6. The second-order valence-electron chi connectivity index (χ2n) is 10.6. The summed E-state index contributed by atoms with van der Waals surface area (Å²) >= 11 is 0. The van der Waals surface area contributed by atoms with E-state index in [2.05, 4.69) is 21.3 Å². The van der Waals surface area contributed by atoms with Crippen LogP contribution in [-0.2, 0) is 22.4 Å². The van der Waals surface area contributed by atoms with Gasteiger partial charge in [0, 0.05) is 24.2 Å². The second-order valence-corrected chi connectivity index (χ2v) is 10.6. The van der Waals surface area contributed by atoms with Crippen molar-refractivity contribution in [1.29, 1.82) is 0 Å². The fourth-order valence-electron chi connectivity index (χ4n) is 5.87. The molecule has 2 aliphatic heterocycles. The number of amides is 1.